The number of hydrogen-bond acceptors (Lipinski definition) is 3. The summed E-state index contributed by atoms with van der Waals surface area (Å²) < 4.78 is 5.20. The summed E-state index contributed by atoms with van der Waals surface area (Å²) in [6.45, 7) is 0. The maximum absolute atomic E-state index is 11.1. The van der Waals surface area contributed by atoms with E-state index in [1.54, 1.807) is 18.2 Å². The summed E-state index contributed by atoms with van der Waals surface area (Å²) in [6, 6.07) is 7.47. The third-order valence-electron chi connectivity index (χ3n) is 2.90. The maximum atomic E-state index is 11.1. The zero-order valence-corrected chi connectivity index (χ0v) is 9.54. The number of halogens is 1. The van der Waals surface area contributed by atoms with Crippen molar-refractivity contribution in [1.82, 2.24) is 0 Å². The van der Waals surface area contributed by atoms with Gasteiger partial charge in [0, 0.05) is 18.4 Å². The van der Waals surface area contributed by atoms with Gasteiger partial charge in [0.15, 0.2) is 0 Å². The molecule has 0 unspecified atom stereocenters. The van der Waals surface area contributed by atoms with Crippen LogP contribution in [-0.4, -0.2) is 12.9 Å². The third kappa shape index (κ3) is 1.46. The van der Waals surface area contributed by atoms with Gasteiger partial charge in [-0.1, -0.05) is 23.7 Å². The molecule has 0 bridgehead atoms. The first-order chi connectivity index (χ1) is 7.63. The minimum absolute atomic E-state index is 0.101. The van der Waals surface area contributed by atoms with Crippen molar-refractivity contribution >= 4 is 17.4 Å². The van der Waals surface area contributed by atoms with Crippen LogP contribution in [0.25, 0.3) is 0 Å². The van der Waals surface area contributed by atoms with Crippen LogP contribution in [0.15, 0.2) is 18.2 Å². The largest absolute Gasteiger partial charge is 0.495 e. The molecule has 3 nitrogen and oxygen atoms in total. The quantitative estimate of drug-likeness (QED) is 0.791. The average molecular weight is 236 g/mol. The highest BCUT2D eigenvalue weighted by Crippen LogP contribution is 2.46. The molecule has 1 aromatic carbocycles. The predicted molar refractivity (Wildman–Crippen MR) is 59.5 cm³/mol. The lowest BCUT2D eigenvalue weighted by molar-refractivity contribution is -0.126. The molecule has 2 rings (SSSR count). The van der Waals surface area contributed by atoms with E-state index in [4.69, 9.17) is 16.3 Å². The lowest BCUT2D eigenvalue weighted by Crippen LogP contribution is -2.40. The number of benzene rings is 1. The minimum Gasteiger partial charge on any atom is -0.495 e. The van der Waals surface area contributed by atoms with E-state index in [1.807, 2.05) is 0 Å². The van der Waals surface area contributed by atoms with Crippen LogP contribution in [-0.2, 0) is 10.2 Å². The number of ether oxygens (including phenoxy) is 1. The monoisotopic (exact) mass is 235 g/mol. The van der Waals surface area contributed by atoms with Crippen molar-refractivity contribution in [2.75, 3.05) is 7.11 Å². The van der Waals surface area contributed by atoms with Gasteiger partial charge in [-0.2, -0.15) is 5.26 Å². The van der Waals surface area contributed by atoms with Crippen LogP contribution in [0.4, 0.5) is 0 Å². The fraction of sp³-hybridized carbons (Fsp3) is 0.333. The van der Waals surface area contributed by atoms with Gasteiger partial charge in [-0.15, -0.1) is 0 Å². The Morgan fingerprint density at radius 3 is 2.69 bits per heavy atom. The van der Waals surface area contributed by atoms with Crippen molar-refractivity contribution in [2.45, 2.75) is 18.3 Å². The summed E-state index contributed by atoms with van der Waals surface area (Å²) >= 11 is 5.99. The van der Waals surface area contributed by atoms with E-state index >= 15 is 0 Å². The van der Waals surface area contributed by atoms with E-state index in [0.717, 1.165) is 0 Å². The van der Waals surface area contributed by atoms with E-state index in [9.17, 15) is 10.1 Å². The smallest absolute Gasteiger partial charge is 0.142 e. The Bertz CT molecular complexity index is 482. The highest BCUT2D eigenvalue weighted by Gasteiger charge is 2.47. The molecule has 0 atom stereocenters. The summed E-state index contributed by atoms with van der Waals surface area (Å²) in [6.07, 6.45) is 0.500. The molecule has 0 aliphatic heterocycles. The van der Waals surface area contributed by atoms with Crippen LogP contribution in [0.3, 0.4) is 0 Å². The number of nitrogens with zero attached hydrogens (tertiary/aromatic N) is 1. The molecule has 1 aromatic rings. The normalized spacial score (nSPS) is 17.4. The van der Waals surface area contributed by atoms with Crippen molar-refractivity contribution < 1.29 is 9.53 Å². The lowest BCUT2D eigenvalue weighted by atomic mass is 9.64. The molecule has 0 heterocycles. The summed E-state index contributed by atoms with van der Waals surface area (Å²) in [5, 5.41) is 9.68. The highest BCUT2D eigenvalue weighted by molar-refractivity contribution is 6.32. The van der Waals surface area contributed by atoms with Crippen LogP contribution in [0.5, 0.6) is 5.75 Å². The van der Waals surface area contributed by atoms with Crippen LogP contribution < -0.4 is 4.74 Å². The van der Waals surface area contributed by atoms with Crippen molar-refractivity contribution in [1.29, 1.82) is 5.26 Å². The van der Waals surface area contributed by atoms with Gasteiger partial charge in [-0.25, -0.2) is 0 Å². The molecule has 0 saturated heterocycles. The van der Waals surface area contributed by atoms with Gasteiger partial charge in [0.25, 0.3) is 0 Å². The molecule has 1 fully saturated rings. The molecular weight excluding hydrogens is 226 g/mol. The Balaban J connectivity index is 2.52. The second-order valence-corrected chi connectivity index (χ2v) is 4.31. The van der Waals surface area contributed by atoms with E-state index in [0.29, 0.717) is 16.3 Å². The number of para-hydroxylation sites is 1. The number of rotatable bonds is 2. The molecule has 1 saturated carbocycles. The second kappa shape index (κ2) is 3.80. The van der Waals surface area contributed by atoms with Gasteiger partial charge in [-0.3, -0.25) is 4.79 Å². The van der Waals surface area contributed by atoms with Crippen LogP contribution in [0.2, 0.25) is 5.02 Å². The topological polar surface area (TPSA) is 50.1 Å². The fourth-order valence-electron chi connectivity index (χ4n) is 2.04. The number of methoxy groups -OCH3 is 1. The first kappa shape index (κ1) is 11.0. The number of nitriles is 1. The number of carbonyl (C=O) groups excluding carboxylic acids is 1. The fourth-order valence-corrected chi connectivity index (χ4v) is 2.30. The number of hydrogen-bond donors (Lipinski definition) is 0. The molecule has 0 N–H and O–H groups in total. The lowest BCUT2D eigenvalue weighted by Gasteiger charge is -2.35. The standard InChI is InChI=1S/C12H10ClNO2/c1-16-11-9(3-2-4-10(11)13)12(7-14)5-8(15)6-12/h2-4H,5-6H2,1H3. The van der Waals surface area contributed by atoms with Crippen LogP contribution in [0.1, 0.15) is 18.4 Å². The number of carbonyl (C=O) groups is 1. The van der Waals surface area contributed by atoms with Gasteiger partial charge in [0.1, 0.15) is 11.5 Å². The van der Waals surface area contributed by atoms with Crippen LogP contribution in [0, 0.1) is 11.3 Å². The SMILES string of the molecule is COc1c(Cl)cccc1C1(C#N)CC(=O)C1. The Morgan fingerprint density at radius 1 is 1.50 bits per heavy atom. The summed E-state index contributed by atoms with van der Waals surface area (Å²) in [7, 11) is 1.51. The zero-order chi connectivity index (χ0) is 11.8. The summed E-state index contributed by atoms with van der Waals surface area (Å²) in [5.41, 5.74) is -0.0301. The van der Waals surface area contributed by atoms with E-state index in [1.165, 1.54) is 7.11 Å². The average Bonchev–Trinajstić information content (AvgIpc) is 2.24. The molecule has 0 aromatic heterocycles. The molecule has 4 heteroatoms. The first-order valence-corrected chi connectivity index (χ1v) is 5.27. The number of Topliss-reactive ketones (excluding diaryl/α,β-unsaturated/α-hetero) is 1. The highest BCUT2D eigenvalue weighted by atomic mass is 35.5. The molecule has 0 radical (unpaired) electrons. The van der Waals surface area contributed by atoms with Gasteiger partial charge in [0.2, 0.25) is 0 Å². The Labute approximate surface area is 98.6 Å². The zero-order valence-electron chi connectivity index (χ0n) is 8.79. The summed E-state index contributed by atoms with van der Waals surface area (Å²) in [4.78, 5) is 11.1. The minimum atomic E-state index is -0.743. The van der Waals surface area contributed by atoms with E-state index in [2.05, 4.69) is 6.07 Å². The van der Waals surface area contributed by atoms with Gasteiger partial charge in [0.05, 0.1) is 23.6 Å². The molecule has 1 aliphatic rings. The molecule has 0 spiro atoms. The third-order valence-corrected chi connectivity index (χ3v) is 3.20. The Kier molecular flexibility index (Phi) is 2.61. The van der Waals surface area contributed by atoms with E-state index in [-0.39, 0.29) is 18.6 Å². The van der Waals surface area contributed by atoms with Gasteiger partial charge < -0.3 is 4.74 Å². The van der Waals surface area contributed by atoms with Crippen molar-refractivity contribution in [3.05, 3.63) is 28.8 Å². The Morgan fingerprint density at radius 2 is 2.19 bits per heavy atom. The molecule has 82 valence electrons. The Hall–Kier alpha value is -1.53. The van der Waals surface area contributed by atoms with Gasteiger partial charge >= 0.3 is 0 Å². The van der Waals surface area contributed by atoms with Crippen molar-refractivity contribution in [3.8, 4) is 11.8 Å². The van der Waals surface area contributed by atoms with Crippen LogP contribution >= 0.6 is 11.6 Å². The summed E-state index contributed by atoms with van der Waals surface area (Å²) in [5.74, 6) is 0.599. The second-order valence-electron chi connectivity index (χ2n) is 3.91. The molecule has 16 heavy (non-hydrogen) atoms. The molecule has 0 amide bonds. The number of ketones is 1. The van der Waals surface area contributed by atoms with E-state index < -0.39 is 5.41 Å². The maximum Gasteiger partial charge on any atom is 0.142 e. The van der Waals surface area contributed by atoms with Gasteiger partial charge in [-0.05, 0) is 6.07 Å². The first-order valence-electron chi connectivity index (χ1n) is 4.89. The van der Waals surface area contributed by atoms with Crippen molar-refractivity contribution in [2.24, 2.45) is 0 Å². The molecule has 1 aliphatic carbocycles. The molecular formula is C12H10ClNO2. The van der Waals surface area contributed by atoms with Crippen molar-refractivity contribution in [3.63, 3.8) is 0 Å². The predicted octanol–water partition coefficient (Wildman–Crippen LogP) is 2.47.